The number of ether oxygens (including phenoxy) is 1. The zero-order valence-electron chi connectivity index (χ0n) is 9.61. The molecule has 0 heterocycles. The third-order valence-electron chi connectivity index (χ3n) is 2.51. The molecule has 2 aromatic rings. The Hall–Kier alpha value is -1.51. The fraction of sp³-hybridized carbons (Fsp3) is 0.0714. The van der Waals surface area contributed by atoms with Gasteiger partial charge in [0, 0.05) is 15.6 Å². The monoisotopic (exact) mass is 280 g/mol. The van der Waals surface area contributed by atoms with Crippen molar-refractivity contribution in [2.75, 3.05) is 7.11 Å². The third kappa shape index (κ3) is 2.66. The van der Waals surface area contributed by atoms with Gasteiger partial charge < -0.3 is 4.74 Å². The second-order valence-electron chi connectivity index (χ2n) is 3.68. The summed E-state index contributed by atoms with van der Waals surface area (Å²) in [6, 6.07) is 11.6. The molecule has 0 saturated heterocycles. The van der Waals surface area contributed by atoms with Crippen LogP contribution in [0.5, 0.6) is 5.75 Å². The number of hydrogen-bond acceptors (Lipinski definition) is 2. The molecule has 2 nitrogen and oxygen atoms in total. The number of methoxy groups -OCH3 is 1. The maximum atomic E-state index is 12.3. The van der Waals surface area contributed by atoms with Crippen molar-refractivity contribution in [3.63, 3.8) is 0 Å². The highest BCUT2D eigenvalue weighted by molar-refractivity contribution is 6.31. The molecule has 0 aromatic heterocycles. The molecule has 0 fully saturated rings. The summed E-state index contributed by atoms with van der Waals surface area (Å²) in [6.45, 7) is 0. The van der Waals surface area contributed by atoms with Crippen LogP contribution in [0.25, 0.3) is 0 Å². The highest BCUT2D eigenvalue weighted by Gasteiger charge is 2.14. The molecule has 0 saturated carbocycles. The van der Waals surface area contributed by atoms with Gasteiger partial charge in [0.25, 0.3) is 0 Å². The summed E-state index contributed by atoms with van der Waals surface area (Å²) < 4.78 is 5.16. The van der Waals surface area contributed by atoms with Crippen LogP contribution in [-0.4, -0.2) is 12.9 Å². The first-order valence-corrected chi connectivity index (χ1v) is 6.01. The molecule has 2 aromatic carbocycles. The van der Waals surface area contributed by atoms with Gasteiger partial charge in [0.1, 0.15) is 5.75 Å². The predicted molar refractivity (Wildman–Crippen MR) is 72.9 cm³/mol. The molecule has 0 unspecified atom stereocenters. The molecule has 0 N–H and O–H groups in total. The summed E-state index contributed by atoms with van der Waals surface area (Å²) in [5.41, 5.74) is 0.979. The normalized spacial score (nSPS) is 10.2. The predicted octanol–water partition coefficient (Wildman–Crippen LogP) is 4.23. The molecule has 92 valence electrons. The first kappa shape index (κ1) is 12.9. The first-order chi connectivity index (χ1) is 8.61. The molecule has 18 heavy (non-hydrogen) atoms. The fourth-order valence-electron chi connectivity index (χ4n) is 1.61. The maximum absolute atomic E-state index is 12.3. The van der Waals surface area contributed by atoms with Crippen LogP contribution in [0.1, 0.15) is 15.9 Å². The Morgan fingerprint density at radius 2 is 1.61 bits per heavy atom. The summed E-state index contributed by atoms with van der Waals surface area (Å²) in [5.74, 6) is 0.352. The fourth-order valence-corrected chi connectivity index (χ4v) is 1.91. The van der Waals surface area contributed by atoms with Crippen molar-refractivity contribution in [3.05, 3.63) is 63.6 Å². The van der Waals surface area contributed by atoms with E-state index in [9.17, 15) is 4.79 Å². The average Bonchev–Trinajstić information content (AvgIpc) is 2.39. The second-order valence-corrected chi connectivity index (χ2v) is 4.55. The van der Waals surface area contributed by atoms with E-state index >= 15 is 0 Å². The lowest BCUT2D eigenvalue weighted by atomic mass is 10.0. The molecule has 2 rings (SSSR count). The van der Waals surface area contributed by atoms with Gasteiger partial charge in [0.15, 0.2) is 5.78 Å². The van der Waals surface area contributed by atoms with E-state index < -0.39 is 0 Å². The lowest BCUT2D eigenvalue weighted by Crippen LogP contribution is -2.03. The summed E-state index contributed by atoms with van der Waals surface area (Å²) >= 11 is 11.7. The summed E-state index contributed by atoms with van der Waals surface area (Å²) in [6.07, 6.45) is 0. The standard InChI is InChI=1S/C14H10Cl2O2/c1-18-13-7-6-11(16)8-12(13)14(17)9-2-4-10(15)5-3-9/h2-8H,1H3. The molecule has 0 amide bonds. The molecule has 0 atom stereocenters. The molecule has 0 aliphatic heterocycles. The van der Waals surface area contributed by atoms with Crippen LogP contribution >= 0.6 is 23.2 Å². The van der Waals surface area contributed by atoms with Crippen LogP contribution in [0.4, 0.5) is 0 Å². The lowest BCUT2D eigenvalue weighted by Gasteiger charge is -2.08. The van der Waals surface area contributed by atoms with Crippen molar-refractivity contribution in [3.8, 4) is 5.75 Å². The van der Waals surface area contributed by atoms with Gasteiger partial charge in [0.2, 0.25) is 0 Å². The quantitative estimate of drug-likeness (QED) is 0.787. The van der Waals surface area contributed by atoms with Gasteiger partial charge >= 0.3 is 0 Å². The molecular formula is C14H10Cl2O2. The van der Waals surface area contributed by atoms with Gasteiger partial charge in [-0.1, -0.05) is 23.2 Å². The van der Waals surface area contributed by atoms with Gasteiger partial charge in [-0.2, -0.15) is 0 Å². The maximum Gasteiger partial charge on any atom is 0.196 e. The summed E-state index contributed by atoms with van der Waals surface area (Å²) in [4.78, 5) is 12.3. The third-order valence-corrected chi connectivity index (χ3v) is 3.00. The molecule has 0 spiro atoms. The minimum Gasteiger partial charge on any atom is -0.496 e. The number of halogens is 2. The average molecular weight is 281 g/mol. The molecule has 4 heteroatoms. The lowest BCUT2D eigenvalue weighted by molar-refractivity contribution is 0.103. The van der Waals surface area contributed by atoms with Crippen molar-refractivity contribution < 1.29 is 9.53 Å². The Morgan fingerprint density at radius 3 is 2.22 bits per heavy atom. The van der Waals surface area contributed by atoms with Crippen LogP contribution in [-0.2, 0) is 0 Å². The minimum absolute atomic E-state index is 0.147. The number of ketones is 1. The van der Waals surface area contributed by atoms with Crippen LogP contribution < -0.4 is 4.74 Å². The number of carbonyl (C=O) groups is 1. The van der Waals surface area contributed by atoms with Crippen molar-refractivity contribution in [1.82, 2.24) is 0 Å². The zero-order valence-corrected chi connectivity index (χ0v) is 11.1. The topological polar surface area (TPSA) is 26.3 Å². The van der Waals surface area contributed by atoms with Gasteiger partial charge in [-0.25, -0.2) is 0 Å². The molecule has 0 aliphatic carbocycles. The number of hydrogen-bond donors (Lipinski definition) is 0. The minimum atomic E-state index is -0.147. The van der Waals surface area contributed by atoms with E-state index in [1.807, 2.05) is 0 Å². The number of benzene rings is 2. The Labute approximate surface area is 115 Å². The SMILES string of the molecule is COc1ccc(Cl)cc1C(=O)c1ccc(Cl)cc1. The van der Waals surface area contributed by atoms with Crippen molar-refractivity contribution in [1.29, 1.82) is 0 Å². The van der Waals surface area contributed by atoms with Gasteiger partial charge in [-0.05, 0) is 42.5 Å². The second kappa shape index (κ2) is 5.42. The molecule has 0 aliphatic rings. The van der Waals surface area contributed by atoms with Gasteiger partial charge in [-0.15, -0.1) is 0 Å². The van der Waals surface area contributed by atoms with Crippen molar-refractivity contribution in [2.45, 2.75) is 0 Å². The van der Waals surface area contributed by atoms with Crippen LogP contribution in [0.2, 0.25) is 10.0 Å². The number of rotatable bonds is 3. The summed E-state index contributed by atoms with van der Waals surface area (Å²) in [7, 11) is 1.52. The van der Waals surface area contributed by atoms with Crippen molar-refractivity contribution >= 4 is 29.0 Å². The number of carbonyl (C=O) groups excluding carboxylic acids is 1. The van der Waals surface area contributed by atoms with Crippen LogP contribution in [0.15, 0.2) is 42.5 Å². The van der Waals surface area contributed by atoms with E-state index in [2.05, 4.69) is 0 Å². The van der Waals surface area contributed by atoms with Crippen LogP contribution in [0, 0.1) is 0 Å². The van der Waals surface area contributed by atoms with E-state index in [1.54, 1.807) is 42.5 Å². The Kier molecular flexibility index (Phi) is 3.90. The van der Waals surface area contributed by atoms with Crippen molar-refractivity contribution in [2.24, 2.45) is 0 Å². The zero-order chi connectivity index (χ0) is 13.1. The molecular weight excluding hydrogens is 271 g/mol. The van der Waals surface area contributed by atoms with E-state index in [1.165, 1.54) is 7.11 Å². The summed E-state index contributed by atoms with van der Waals surface area (Å²) in [5, 5.41) is 1.08. The molecule has 0 bridgehead atoms. The smallest absolute Gasteiger partial charge is 0.196 e. The van der Waals surface area contributed by atoms with E-state index in [0.717, 1.165) is 0 Å². The highest BCUT2D eigenvalue weighted by Crippen LogP contribution is 2.25. The highest BCUT2D eigenvalue weighted by atomic mass is 35.5. The molecule has 0 radical (unpaired) electrons. The Bertz CT molecular complexity index is 577. The first-order valence-electron chi connectivity index (χ1n) is 5.25. The Balaban J connectivity index is 2.45. The van der Waals surface area contributed by atoms with E-state index in [-0.39, 0.29) is 5.78 Å². The van der Waals surface area contributed by atoms with E-state index in [4.69, 9.17) is 27.9 Å². The van der Waals surface area contributed by atoms with Crippen LogP contribution in [0.3, 0.4) is 0 Å². The van der Waals surface area contributed by atoms with Gasteiger partial charge in [-0.3, -0.25) is 4.79 Å². The Morgan fingerprint density at radius 1 is 1.00 bits per heavy atom. The largest absolute Gasteiger partial charge is 0.496 e. The van der Waals surface area contributed by atoms with Gasteiger partial charge in [0.05, 0.1) is 12.7 Å². The van der Waals surface area contributed by atoms with E-state index in [0.29, 0.717) is 26.9 Å².